The number of fused-ring (bicyclic) bond motifs is 1. The molecule has 0 atom stereocenters. The lowest BCUT2D eigenvalue weighted by molar-refractivity contribution is -0.132. The molecule has 18 heteroatoms. The first-order valence-electron chi connectivity index (χ1n) is 20.0. The number of aryl methyl sites for hydroxylation is 1. The summed E-state index contributed by atoms with van der Waals surface area (Å²) in [5, 5.41) is 38.2. The van der Waals surface area contributed by atoms with Gasteiger partial charge in [0.15, 0.2) is 12.7 Å². The lowest BCUT2D eigenvalue weighted by atomic mass is 10.0. The summed E-state index contributed by atoms with van der Waals surface area (Å²) in [6.07, 6.45) is 4.88. The highest BCUT2D eigenvalue weighted by Gasteiger charge is 2.26. The third kappa shape index (κ3) is 11.0. The Hall–Kier alpha value is -7.60. The average molecular weight is 836 g/mol. The predicted octanol–water partition coefficient (Wildman–Crippen LogP) is 3.95. The smallest absolute Gasteiger partial charge is 0.272 e. The third-order valence-corrected chi connectivity index (χ3v) is 10.3. The van der Waals surface area contributed by atoms with Gasteiger partial charge in [-0.2, -0.15) is 5.10 Å². The number of aromatic amines is 1. The number of halogens is 1. The van der Waals surface area contributed by atoms with E-state index in [-0.39, 0.29) is 42.3 Å². The Labute approximate surface area is 354 Å². The van der Waals surface area contributed by atoms with Crippen LogP contribution in [-0.4, -0.2) is 105 Å². The normalized spacial score (nSPS) is 12.4. The summed E-state index contributed by atoms with van der Waals surface area (Å²) in [5.41, 5.74) is 10.2. The summed E-state index contributed by atoms with van der Waals surface area (Å²) in [6.45, 7) is 1.77. The molecule has 0 bridgehead atoms. The van der Waals surface area contributed by atoms with E-state index in [4.69, 9.17) is 5.73 Å². The van der Waals surface area contributed by atoms with Gasteiger partial charge in [-0.25, -0.2) is 9.49 Å². The molecule has 1 aliphatic rings. The fourth-order valence-electron chi connectivity index (χ4n) is 6.93. The van der Waals surface area contributed by atoms with Crippen molar-refractivity contribution in [3.05, 3.63) is 148 Å². The Bertz CT molecular complexity index is 2680. The van der Waals surface area contributed by atoms with Crippen molar-refractivity contribution in [2.24, 2.45) is 5.73 Å². The van der Waals surface area contributed by atoms with Crippen LogP contribution in [0.2, 0.25) is 0 Å². The molecule has 62 heavy (non-hydrogen) atoms. The molecule has 3 aromatic heterocycles. The van der Waals surface area contributed by atoms with Crippen LogP contribution in [0.3, 0.4) is 0 Å². The number of piperazine rings is 1. The minimum atomic E-state index is -0.625. The van der Waals surface area contributed by atoms with Crippen molar-refractivity contribution in [2.45, 2.75) is 45.1 Å². The molecule has 4 heterocycles. The Morgan fingerprint density at radius 1 is 0.661 bits per heavy atom. The topological polar surface area (TPSA) is 233 Å². The van der Waals surface area contributed by atoms with Crippen LogP contribution >= 0.6 is 0 Å². The van der Waals surface area contributed by atoms with E-state index in [1.165, 1.54) is 24.8 Å². The lowest BCUT2D eigenvalue weighted by Gasteiger charge is -2.35. The van der Waals surface area contributed by atoms with Crippen molar-refractivity contribution >= 4 is 28.4 Å². The summed E-state index contributed by atoms with van der Waals surface area (Å²) in [7, 11) is 0. The molecule has 1 aliphatic heterocycles. The van der Waals surface area contributed by atoms with Gasteiger partial charge < -0.3 is 15.5 Å². The molecule has 1 fully saturated rings. The summed E-state index contributed by atoms with van der Waals surface area (Å²) in [4.78, 5) is 54.0. The summed E-state index contributed by atoms with van der Waals surface area (Å²) in [5.74, 6) is -0.0778. The lowest BCUT2D eigenvalue weighted by Crippen LogP contribution is -2.50. The molecule has 8 rings (SSSR count). The monoisotopic (exact) mass is 835 g/mol. The fourth-order valence-corrected chi connectivity index (χ4v) is 6.93. The maximum absolute atomic E-state index is 14.8. The van der Waals surface area contributed by atoms with Crippen LogP contribution in [-0.2, 0) is 29.0 Å². The predicted molar refractivity (Wildman–Crippen MR) is 225 cm³/mol. The van der Waals surface area contributed by atoms with Gasteiger partial charge in [-0.05, 0) is 47.7 Å². The molecule has 2 amide bonds. The first-order chi connectivity index (χ1) is 30.2. The number of nitrogens with one attached hydrogen (secondary N) is 1. The highest BCUT2D eigenvalue weighted by atomic mass is 19.1. The number of hydrogen-bond donors (Lipinski definition) is 2. The van der Waals surface area contributed by atoms with E-state index in [1.807, 2.05) is 60.7 Å². The van der Waals surface area contributed by atoms with Crippen molar-refractivity contribution in [3.63, 3.8) is 0 Å². The highest BCUT2D eigenvalue weighted by Crippen LogP contribution is 2.21. The number of rotatable bonds is 13. The minimum Gasteiger partial charge on any atom is -0.339 e. The number of carbonyl (C=O) groups is 3. The van der Waals surface area contributed by atoms with Gasteiger partial charge >= 0.3 is 0 Å². The number of amides is 2. The maximum atomic E-state index is 14.8. The van der Waals surface area contributed by atoms with E-state index >= 15 is 0 Å². The second kappa shape index (κ2) is 20.6. The quantitative estimate of drug-likeness (QED) is 0.168. The SMILES string of the molecule is NCc1ccc(-c2nncnn2)cc1.O=C(CCCC(=O)N1CCN(C(=O)c2cc(Cc3n[nH]c(=O)c4ccccc34)ccc2F)CC1)CCc1ccc(-c2nncnn2)cc1. The van der Waals surface area contributed by atoms with Crippen LogP contribution in [0.15, 0.2) is 108 Å². The van der Waals surface area contributed by atoms with Crippen molar-refractivity contribution < 1.29 is 18.8 Å². The van der Waals surface area contributed by atoms with E-state index in [0.717, 1.165) is 22.3 Å². The molecule has 0 unspecified atom stereocenters. The van der Waals surface area contributed by atoms with Gasteiger partial charge in [-0.3, -0.25) is 19.2 Å². The van der Waals surface area contributed by atoms with Gasteiger partial charge in [0.1, 0.15) is 11.6 Å². The zero-order valence-electron chi connectivity index (χ0n) is 33.6. The summed E-state index contributed by atoms with van der Waals surface area (Å²) in [6, 6.07) is 26.8. The zero-order valence-corrected chi connectivity index (χ0v) is 33.6. The van der Waals surface area contributed by atoms with E-state index in [2.05, 4.69) is 51.0 Å². The average Bonchev–Trinajstić information content (AvgIpc) is 3.33. The first kappa shape index (κ1) is 42.5. The van der Waals surface area contributed by atoms with E-state index in [0.29, 0.717) is 85.4 Å². The van der Waals surface area contributed by atoms with Crippen LogP contribution in [0, 0.1) is 5.82 Å². The number of ketones is 1. The first-order valence-corrected chi connectivity index (χ1v) is 20.0. The molecule has 314 valence electrons. The van der Waals surface area contributed by atoms with Crippen LogP contribution in [0.5, 0.6) is 0 Å². The molecule has 1 saturated heterocycles. The van der Waals surface area contributed by atoms with Gasteiger partial charge in [-0.1, -0.05) is 72.8 Å². The van der Waals surface area contributed by atoms with Crippen molar-refractivity contribution in [1.82, 2.24) is 60.8 Å². The number of carbonyl (C=O) groups excluding carboxylic acids is 3. The number of Topliss-reactive ketones (excluding diaryl/α,β-unsaturated/α-hetero) is 1. The van der Waals surface area contributed by atoms with Crippen LogP contribution in [0.25, 0.3) is 33.5 Å². The van der Waals surface area contributed by atoms with E-state index in [1.54, 1.807) is 28.0 Å². The second-order valence-electron chi connectivity index (χ2n) is 14.4. The Morgan fingerprint density at radius 3 is 1.84 bits per heavy atom. The number of benzene rings is 4. The van der Waals surface area contributed by atoms with Crippen molar-refractivity contribution in [3.8, 4) is 22.8 Å². The minimum absolute atomic E-state index is 0.0460. The van der Waals surface area contributed by atoms with Gasteiger partial charge in [0.2, 0.25) is 17.6 Å². The zero-order chi connectivity index (χ0) is 43.3. The van der Waals surface area contributed by atoms with Gasteiger partial charge in [0.25, 0.3) is 11.5 Å². The molecule has 0 aliphatic carbocycles. The number of H-pyrrole nitrogens is 1. The Kier molecular flexibility index (Phi) is 14.1. The van der Waals surface area contributed by atoms with Gasteiger partial charge in [0.05, 0.1) is 16.6 Å². The molecule has 0 spiro atoms. The molecule has 0 saturated carbocycles. The van der Waals surface area contributed by atoms with Crippen LogP contribution in [0.4, 0.5) is 4.39 Å². The van der Waals surface area contributed by atoms with Crippen molar-refractivity contribution in [2.75, 3.05) is 26.2 Å². The molecule has 4 aromatic carbocycles. The third-order valence-electron chi connectivity index (χ3n) is 10.3. The number of hydrogen-bond acceptors (Lipinski definition) is 14. The second-order valence-corrected chi connectivity index (χ2v) is 14.4. The molecule has 7 aromatic rings. The molecule has 17 nitrogen and oxygen atoms in total. The Morgan fingerprint density at radius 2 is 1.23 bits per heavy atom. The standard InChI is InChI=1S/C35H33FN8O4.C9H9N5/c36-30-15-11-24(21-31-27-5-1-2-6-28(27)34(47)42-39-31)20-29(30)35(48)44-18-16-43(17-19-44)32(46)7-3-4-26(45)14-10-23-8-12-25(13-9-23)33-40-37-22-38-41-33;10-5-7-1-3-8(4-2-7)9-13-11-6-12-14-9/h1-2,5-6,8-9,11-13,15,20,22H,3-4,7,10,14,16-19,21H2,(H,42,47);1-4,6H,5,10H2. The van der Waals surface area contributed by atoms with Crippen LogP contribution < -0.4 is 11.3 Å². The highest BCUT2D eigenvalue weighted by molar-refractivity contribution is 5.95. The summed E-state index contributed by atoms with van der Waals surface area (Å²) >= 11 is 0. The van der Waals surface area contributed by atoms with Crippen molar-refractivity contribution in [1.29, 1.82) is 0 Å². The fraction of sp³-hybridized carbons (Fsp3) is 0.250. The molecular weight excluding hydrogens is 794 g/mol. The summed E-state index contributed by atoms with van der Waals surface area (Å²) < 4.78 is 14.8. The van der Waals surface area contributed by atoms with Gasteiger partial charge in [-0.15, -0.1) is 40.8 Å². The van der Waals surface area contributed by atoms with Gasteiger partial charge in [0, 0.05) is 74.9 Å². The molecule has 3 N–H and O–H groups in total. The maximum Gasteiger partial charge on any atom is 0.272 e. The largest absolute Gasteiger partial charge is 0.339 e. The number of aromatic nitrogens is 10. The van der Waals surface area contributed by atoms with E-state index in [9.17, 15) is 23.6 Å². The molecule has 0 radical (unpaired) electrons. The number of nitrogens with zero attached hydrogens (tertiary/aromatic N) is 11. The number of nitrogens with two attached hydrogens (primary N) is 1. The molecular formula is C44H42FN13O4. The Balaban J connectivity index is 0.000000348. The van der Waals surface area contributed by atoms with Crippen LogP contribution in [0.1, 0.15) is 58.4 Å². The van der Waals surface area contributed by atoms with E-state index < -0.39 is 11.7 Å².